The van der Waals surface area contributed by atoms with Crippen molar-refractivity contribution in [1.82, 2.24) is 9.55 Å². The van der Waals surface area contributed by atoms with Gasteiger partial charge in [-0.1, -0.05) is 15.9 Å². The number of aromatic nitrogens is 2. The van der Waals surface area contributed by atoms with Gasteiger partial charge in [0.1, 0.15) is 17.8 Å². The summed E-state index contributed by atoms with van der Waals surface area (Å²) < 4.78 is 14.5. The van der Waals surface area contributed by atoms with E-state index in [2.05, 4.69) is 20.9 Å². The van der Waals surface area contributed by atoms with Gasteiger partial charge in [0.15, 0.2) is 0 Å². The highest BCUT2D eigenvalue weighted by Gasteiger charge is 2.34. The van der Waals surface area contributed by atoms with Gasteiger partial charge < -0.3 is 14.0 Å². The van der Waals surface area contributed by atoms with Crippen LogP contribution in [0.4, 0.5) is 0 Å². The van der Waals surface area contributed by atoms with Gasteiger partial charge in [-0.05, 0) is 37.5 Å². The molecule has 0 N–H and O–H groups in total. The van der Waals surface area contributed by atoms with Crippen LogP contribution in [0.3, 0.4) is 0 Å². The number of hydrogen-bond acceptors (Lipinski definition) is 4. The average molecular weight is 391 g/mol. The molecule has 126 valence electrons. The number of benzene rings is 1. The van der Waals surface area contributed by atoms with Crippen molar-refractivity contribution in [2.45, 2.75) is 37.7 Å². The van der Waals surface area contributed by atoms with E-state index in [9.17, 15) is 4.79 Å². The average Bonchev–Trinajstić information content (AvgIpc) is 2.97. The molecule has 0 saturated carbocycles. The number of esters is 1. The van der Waals surface area contributed by atoms with E-state index in [0.29, 0.717) is 13.0 Å². The predicted octanol–water partition coefficient (Wildman–Crippen LogP) is 3.67. The van der Waals surface area contributed by atoms with Crippen molar-refractivity contribution in [3.63, 3.8) is 0 Å². The predicted molar refractivity (Wildman–Crippen MR) is 92.0 cm³/mol. The third kappa shape index (κ3) is 2.73. The van der Waals surface area contributed by atoms with Crippen LogP contribution in [0.15, 0.2) is 29.0 Å². The Hall–Kier alpha value is -1.82. The molecule has 24 heavy (non-hydrogen) atoms. The highest BCUT2D eigenvalue weighted by atomic mass is 79.9. The first-order valence-electron chi connectivity index (χ1n) is 8.26. The second-order valence-corrected chi connectivity index (χ2v) is 7.29. The van der Waals surface area contributed by atoms with Crippen LogP contribution in [-0.2, 0) is 23.0 Å². The van der Waals surface area contributed by atoms with Crippen LogP contribution >= 0.6 is 15.9 Å². The number of aryl methyl sites for hydroxylation is 1. The molecular weight excluding hydrogens is 372 g/mol. The van der Waals surface area contributed by atoms with Crippen molar-refractivity contribution in [3.05, 3.63) is 46.0 Å². The smallest absolute Gasteiger partial charge is 0.315 e. The standard InChI is InChI=1S/C18H19BrN2O3/c1-21-10-20-17-12(3-2-4-14(17)21)18(22)24-16-7-8-23-15-6-5-11(19)9-13(15)16/h5-6,9-10,12,16H,2-4,7-8H2,1H3. The molecule has 0 bridgehead atoms. The zero-order chi connectivity index (χ0) is 16.7. The molecule has 1 aromatic heterocycles. The molecule has 2 aliphatic rings. The lowest BCUT2D eigenvalue weighted by molar-refractivity contribution is -0.153. The van der Waals surface area contributed by atoms with Crippen LogP contribution in [0.2, 0.25) is 0 Å². The van der Waals surface area contributed by atoms with Gasteiger partial charge in [0.05, 0.1) is 18.6 Å². The van der Waals surface area contributed by atoms with Crippen LogP contribution in [0, 0.1) is 0 Å². The van der Waals surface area contributed by atoms with Crippen LogP contribution in [-0.4, -0.2) is 22.1 Å². The Balaban J connectivity index is 1.57. The molecule has 2 atom stereocenters. The molecule has 5 nitrogen and oxygen atoms in total. The minimum atomic E-state index is -0.257. The first-order chi connectivity index (χ1) is 11.6. The molecular formula is C18H19BrN2O3. The Morgan fingerprint density at radius 1 is 1.42 bits per heavy atom. The van der Waals surface area contributed by atoms with Gasteiger partial charge in [-0.2, -0.15) is 0 Å². The molecule has 0 fully saturated rings. The highest BCUT2D eigenvalue weighted by Crippen LogP contribution is 2.38. The number of ether oxygens (including phenoxy) is 2. The number of imidazole rings is 1. The zero-order valence-electron chi connectivity index (χ0n) is 13.5. The molecule has 1 aromatic carbocycles. The summed E-state index contributed by atoms with van der Waals surface area (Å²) in [6, 6.07) is 5.82. The Morgan fingerprint density at radius 2 is 2.29 bits per heavy atom. The van der Waals surface area contributed by atoms with E-state index in [0.717, 1.165) is 46.4 Å². The van der Waals surface area contributed by atoms with Gasteiger partial charge >= 0.3 is 5.97 Å². The van der Waals surface area contributed by atoms with Crippen molar-refractivity contribution in [3.8, 4) is 5.75 Å². The first kappa shape index (κ1) is 15.7. The lowest BCUT2D eigenvalue weighted by Crippen LogP contribution is -2.25. The molecule has 0 saturated heterocycles. The van der Waals surface area contributed by atoms with E-state index in [-0.39, 0.29) is 18.0 Å². The maximum atomic E-state index is 12.8. The van der Waals surface area contributed by atoms with E-state index in [1.165, 1.54) is 0 Å². The Kier molecular flexibility index (Phi) is 4.08. The Labute approximate surface area is 149 Å². The van der Waals surface area contributed by atoms with E-state index < -0.39 is 0 Å². The summed E-state index contributed by atoms with van der Waals surface area (Å²) in [6.45, 7) is 0.562. The van der Waals surface area contributed by atoms with Crippen LogP contribution in [0.5, 0.6) is 5.75 Å². The van der Waals surface area contributed by atoms with Crippen LogP contribution in [0.1, 0.15) is 48.2 Å². The summed E-state index contributed by atoms with van der Waals surface area (Å²) in [5.41, 5.74) is 2.97. The molecule has 2 unspecified atom stereocenters. The van der Waals surface area contributed by atoms with Crippen molar-refractivity contribution in [2.24, 2.45) is 7.05 Å². The molecule has 2 heterocycles. The maximum absolute atomic E-state index is 12.8. The van der Waals surface area contributed by atoms with Crippen molar-refractivity contribution >= 4 is 21.9 Å². The molecule has 0 radical (unpaired) electrons. The topological polar surface area (TPSA) is 53.4 Å². The number of fused-ring (bicyclic) bond motifs is 2. The Morgan fingerprint density at radius 3 is 3.17 bits per heavy atom. The third-order valence-corrected chi connectivity index (χ3v) is 5.32. The van der Waals surface area contributed by atoms with E-state index in [1.807, 2.05) is 29.8 Å². The van der Waals surface area contributed by atoms with Crippen molar-refractivity contribution in [1.29, 1.82) is 0 Å². The van der Waals surface area contributed by atoms with E-state index in [1.54, 1.807) is 6.33 Å². The number of hydrogen-bond donors (Lipinski definition) is 0. The summed E-state index contributed by atoms with van der Waals surface area (Å²) in [5, 5.41) is 0. The fourth-order valence-corrected chi connectivity index (χ4v) is 3.97. The quantitative estimate of drug-likeness (QED) is 0.734. The van der Waals surface area contributed by atoms with Gasteiger partial charge in [-0.15, -0.1) is 0 Å². The maximum Gasteiger partial charge on any atom is 0.315 e. The lowest BCUT2D eigenvalue weighted by atomic mass is 9.89. The number of halogens is 1. The minimum absolute atomic E-state index is 0.174. The van der Waals surface area contributed by atoms with Gasteiger partial charge in [-0.3, -0.25) is 4.79 Å². The summed E-state index contributed by atoms with van der Waals surface area (Å²) >= 11 is 3.48. The molecule has 4 rings (SSSR count). The van der Waals surface area contributed by atoms with Crippen LogP contribution < -0.4 is 4.74 Å². The number of rotatable bonds is 2. The fourth-order valence-electron chi connectivity index (χ4n) is 3.59. The van der Waals surface area contributed by atoms with E-state index >= 15 is 0 Å². The monoisotopic (exact) mass is 390 g/mol. The number of carbonyl (C=O) groups is 1. The molecule has 1 aliphatic carbocycles. The molecule has 0 amide bonds. The normalized spacial score (nSPS) is 22.2. The molecule has 1 aliphatic heterocycles. The summed E-state index contributed by atoms with van der Waals surface area (Å²) in [4.78, 5) is 17.2. The van der Waals surface area contributed by atoms with Crippen LogP contribution in [0.25, 0.3) is 0 Å². The van der Waals surface area contributed by atoms with Crippen molar-refractivity contribution < 1.29 is 14.3 Å². The second kappa shape index (κ2) is 6.24. The third-order valence-electron chi connectivity index (χ3n) is 4.83. The van der Waals surface area contributed by atoms with Gasteiger partial charge in [0.25, 0.3) is 0 Å². The molecule has 2 aromatic rings. The van der Waals surface area contributed by atoms with Gasteiger partial charge in [0, 0.05) is 29.2 Å². The van der Waals surface area contributed by atoms with Crippen molar-refractivity contribution in [2.75, 3.05) is 6.61 Å². The number of nitrogens with zero attached hydrogens (tertiary/aromatic N) is 2. The van der Waals surface area contributed by atoms with E-state index in [4.69, 9.17) is 9.47 Å². The van der Waals surface area contributed by atoms with Gasteiger partial charge in [0.2, 0.25) is 0 Å². The fraction of sp³-hybridized carbons (Fsp3) is 0.444. The summed E-state index contributed by atoms with van der Waals surface area (Å²) in [6.07, 6.45) is 4.98. The summed E-state index contributed by atoms with van der Waals surface area (Å²) in [5.74, 6) is 0.366. The molecule has 0 spiro atoms. The first-order valence-corrected chi connectivity index (χ1v) is 9.05. The van der Waals surface area contributed by atoms with Gasteiger partial charge in [-0.25, -0.2) is 4.98 Å². The lowest BCUT2D eigenvalue weighted by Gasteiger charge is -2.28. The zero-order valence-corrected chi connectivity index (χ0v) is 15.1. The SMILES string of the molecule is Cn1cnc2c1CCCC2C(=O)OC1CCOc2ccc(Br)cc21. The largest absolute Gasteiger partial charge is 0.493 e. The second-order valence-electron chi connectivity index (χ2n) is 6.38. The highest BCUT2D eigenvalue weighted by molar-refractivity contribution is 9.10. The molecule has 6 heteroatoms. The number of carbonyl (C=O) groups excluding carboxylic acids is 1. The summed E-state index contributed by atoms with van der Waals surface area (Å²) in [7, 11) is 1.98. The Bertz CT molecular complexity index is 787. The minimum Gasteiger partial charge on any atom is -0.493 e.